The number of carbonyl (C=O) groups excluding carboxylic acids is 1. The third kappa shape index (κ3) is 3.32. The third-order valence-corrected chi connectivity index (χ3v) is 2.23. The van der Waals surface area contributed by atoms with Crippen molar-refractivity contribution in [2.45, 2.75) is 13.0 Å². The maximum absolute atomic E-state index is 11.4. The van der Waals surface area contributed by atoms with Crippen LogP contribution >= 0.6 is 0 Å². The van der Waals surface area contributed by atoms with Gasteiger partial charge in [0.15, 0.2) is 11.5 Å². The fourth-order valence-corrected chi connectivity index (χ4v) is 1.19. The highest BCUT2D eigenvalue weighted by atomic mass is 16.6. The number of esters is 1. The Kier molecular flexibility index (Phi) is 3.44. The van der Waals surface area contributed by atoms with Crippen molar-refractivity contribution in [2.24, 2.45) is 0 Å². The largest absolute Gasteiger partial charge is 0.487 e. The van der Waals surface area contributed by atoms with Gasteiger partial charge in [0.25, 0.3) is 0 Å². The maximum atomic E-state index is 11.4. The molecule has 1 aromatic carbocycles. The highest BCUT2D eigenvalue weighted by Gasteiger charge is 2.23. The molecule has 1 saturated heterocycles. The van der Waals surface area contributed by atoms with Crippen molar-refractivity contribution < 1.29 is 19.0 Å². The van der Waals surface area contributed by atoms with Crippen molar-refractivity contribution in [1.29, 1.82) is 0 Å². The van der Waals surface area contributed by atoms with Crippen LogP contribution in [0.15, 0.2) is 36.4 Å². The van der Waals surface area contributed by atoms with Crippen LogP contribution in [0.3, 0.4) is 0 Å². The van der Waals surface area contributed by atoms with Crippen molar-refractivity contribution in [3.05, 3.63) is 36.4 Å². The number of benzene rings is 1. The Morgan fingerprint density at radius 3 is 2.71 bits per heavy atom. The molecule has 1 heterocycles. The SMILES string of the molecule is C=C(C)C(=O)Oc1ccccc1OCC1CO1. The van der Waals surface area contributed by atoms with Crippen molar-refractivity contribution in [3.63, 3.8) is 0 Å². The van der Waals surface area contributed by atoms with E-state index in [0.29, 0.717) is 23.7 Å². The first-order valence-electron chi connectivity index (χ1n) is 5.38. The number of epoxide rings is 1. The molecule has 0 saturated carbocycles. The number of hydrogen-bond donors (Lipinski definition) is 0. The number of hydrogen-bond acceptors (Lipinski definition) is 4. The summed E-state index contributed by atoms with van der Waals surface area (Å²) in [7, 11) is 0. The van der Waals surface area contributed by atoms with E-state index < -0.39 is 5.97 Å². The predicted octanol–water partition coefficient (Wildman–Crippen LogP) is 1.95. The molecule has 1 aliphatic rings. The van der Waals surface area contributed by atoms with Gasteiger partial charge in [-0.15, -0.1) is 0 Å². The molecule has 0 spiro atoms. The van der Waals surface area contributed by atoms with Crippen molar-refractivity contribution in [1.82, 2.24) is 0 Å². The standard InChI is InChI=1S/C13H14O4/c1-9(2)13(14)17-12-6-4-3-5-11(12)16-8-10-7-15-10/h3-6,10H,1,7-8H2,2H3. The monoisotopic (exact) mass is 234 g/mol. The fraction of sp³-hybridized carbons (Fsp3) is 0.308. The first kappa shape index (κ1) is 11.7. The molecular formula is C13H14O4. The van der Waals surface area contributed by atoms with Crippen LogP contribution in [0.1, 0.15) is 6.92 Å². The average molecular weight is 234 g/mol. The van der Waals surface area contributed by atoms with Crippen LogP contribution in [-0.4, -0.2) is 25.3 Å². The lowest BCUT2D eigenvalue weighted by atomic mass is 10.3. The lowest BCUT2D eigenvalue weighted by molar-refractivity contribution is -0.130. The van der Waals surface area contributed by atoms with Crippen LogP contribution in [0.2, 0.25) is 0 Å². The van der Waals surface area contributed by atoms with Gasteiger partial charge in [-0.25, -0.2) is 4.79 Å². The summed E-state index contributed by atoms with van der Waals surface area (Å²) in [6, 6.07) is 7.04. The van der Waals surface area contributed by atoms with E-state index in [0.717, 1.165) is 6.61 Å². The summed E-state index contributed by atoms with van der Waals surface area (Å²) in [5.41, 5.74) is 0.352. The van der Waals surface area contributed by atoms with E-state index in [9.17, 15) is 4.79 Å². The molecular weight excluding hydrogens is 220 g/mol. The molecule has 1 aromatic rings. The number of ether oxygens (including phenoxy) is 3. The lowest BCUT2D eigenvalue weighted by Gasteiger charge is -2.10. The maximum Gasteiger partial charge on any atom is 0.338 e. The van der Waals surface area contributed by atoms with E-state index >= 15 is 0 Å². The van der Waals surface area contributed by atoms with Crippen LogP contribution in [0.5, 0.6) is 11.5 Å². The minimum Gasteiger partial charge on any atom is -0.487 e. The Bertz CT molecular complexity index is 435. The summed E-state index contributed by atoms with van der Waals surface area (Å²) in [6.07, 6.45) is 0.167. The summed E-state index contributed by atoms with van der Waals surface area (Å²) in [4.78, 5) is 11.4. The van der Waals surface area contributed by atoms with Gasteiger partial charge in [-0.2, -0.15) is 0 Å². The molecule has 90 valence electrons. The summed E-state index contributed by atoms with van der Waals surface area (Å²) >= 11 is 0. The van der Waals surface area contributed by atoms with Crippen LogP contribution in [0, 0.1) is 0 Å². The molecule has 0 bridgehead atoms. The van der Waals surface area contributed by atoms with Gasteiger partial charge in [-0.1, -0.05) is 18.7 Å². The molecule has 1 aliphatic heterocycles. The Balaban J connectivity index is 2.03. The molecule has 0 N–H and O–H groups in total. The molecule has 1 unspecified atom stereocenters. The van der Waals surface area contributed by atoms with Crippen molar-refractivity contribution in [2.75, 3.05) is 13.2 Å². The molecule has 1 fully saturated rings. The lowest BCUT2D eigenvalue weighted by Crippen LogP contribution is -2.10. The van der Waals surface area contributed by atoms with E-state index in [4.69, 9.17) is 14.2 Å². The second-order valence-electron chi connectivity index (χ2n) is 3.88. The molecule has 4 heteroatoms. The normalized spacial score (nSPS) is 17.4. The van der Waals surface area contributed by atoms with Crippen LogP contribution in [0.4, 0.5) is 0 Å². The van der Waals surface area contributed by atoms with E-state index in [-0.39, 0.29) is 6.10 Å². The van der Waals surface area contributed by atoms with Crippen molar-refractivity contribution >= 4 is 5.97 Å². The van der Waals surface area contributed by atoms with E-state index in [1.165, 1.54) is 0 Å². The van der Waals surface area contributed by atoms with Gasteiger partial charge in [-0.05, 0) is 19.1 Å². The molecule has 17 heavy (non-hydrogen) atoms. The first-order valence-corrected chi connectivity index (χ1v) is 5.38. The van der Waals surface area contributed by atoms with E-state index in [1.54, 1.807) is 25.1 Å². The highest BCUT2D eigenvalue weighted by Crippen LogP contribution is 2.28. The highest BCUT2D eigenvalue weighted by molar-refractivity contribution is 5.89. The minimum absolute atomic E-state index is 0.167. The predicted molar refractivity (Wildman–Crippen MR) is 62.1 cm³/mol. The summed E-state index contributed by atoms with van der Waals surface area (Å²) in [5.74, 6) is 0.488. The third-order valence-electron chi connectivity index (χ3n) is 2.23. The summed E-state index contributed by atoms with van der Waals surface area (Å²) in [6.45, 7) is 6.33. The molecule has 0 radical (unpaired) electrons. The zero-order chi connectivity index (χ0) is 12.3. The van der Waals surface area contributed by atoms with Crippen LogP contribution in [0.25, 0.3) is 0 Å². The molecule has 1 atom stereocenters. The molecule has 2 rings (SSSR count). The van der Waals surface area contributed by atoms with E-state index in [2.05, 4.69) is 6.58 Å². The topological polar surface area (TPSA) is 48.1 Å². The quantitative estimate of drug-likeness (QED) is 0.338. The van der Waals surface area contributed by atoms with Crippen molar-refractivity contribution in [3.8, 4) is 11.5 Å². The van der Waals surface area contributed by atoms with Crippen LogP contribution < -0.4 is 9.47 Å². The van der Waals surface area contributed by atoms with Gasteiger partial charge >= 0.3 is 5.97 Å². The second-order valence-corrected chi connectivity index (χ2v) is 3.88. The Morgan fingerprint density at radius 1 is 1.47 bits per heavy atom. The summed E-state index contributed by atoms with van der Waals surface area (Å²) in [5, 5.41) is 0. The molecule has 0 aromatic heterocycles. The fourth-order valence-electron chi connectivity index (χ4n) is 1.19. The Morgan fingerprint density at radius 2 is 2.12 bits per heavy atom. The number of para-hydroxylation sites is 2. The molecule has 4 nitrogen and oxygen atoms in total. The number of rotatable bonds is 5. The first-order chi connectivity index (χ1) is 8.16. The van der Waals surface area contributed by atoms with Gasteiger partial charge < -0.3 is 14.2 Å². The van der Waals surface area contributed by atoms with Gasteiger partial charge in [0.2, 0.25) is 0 Å². The van der Waals surface area contributed by atoms with Gasteiger partial charge in [0.1, 0.15) is 12.7 Å². The molecule has 0 amide bonds. The van der Waals surface area contributed by atoms with Gasteiger partial charge in [0.05, 0.1) is 6.61 Å². The second kappa shape index (κ2) is 5.01. The Labute approximate surface area is 99.8 Å². The van der Waals surface area contributed by atoms with E-state index in [1.807, 2.05) is 6.07 Å². The molecule has 0 aliphatic carbocycles. The number of carbonyl (C=O) groups is 1. The van der Waals surface area contributed by atoms with Gasteiger partial charge in [-0.3, -0.25) is 0 Å². The zero-order valence-corrected chi connectivity index (χ0v) is 9.64. The van der Waals surface area contributed by atoms with Gasteiger partial charge in [0, 0.05) is 5.57 Å². The smallest absolute Gasteiger partial charge is 0.338 e. The average Bonchev–Trinajstić information content (AvgIpc) is 3.11. The summed E-state index contributed by atoms with van der Waals surface area (Å²) < 4.78 is 15.7. The minimum atomic E-state index is -0.455. The zero-order valence-electron chi connectivity index (χ0n) is 9.64. The van der Waals surface area contributed by atoms with Crippen LogP contribution in [-0.2, 0) is 9.53 Å². The Hall–Kier alpha value is -1.81.